The molecule has 0 N–H and O–H groups in total. The van der Waals surface area contributed by atoms with E-state index < -0.39 is 0 Å². The Labute approximate surface area is 138 Å². The number of anilines is 1. The largest absolute Gasteiger partial charge is 0.374 e. The maximum atomic E-state index is 5.31. The molecule has 1 atom stereocenters. The van der Waals surface area contributed by atoms with Crippen LogP contribution in [0.15, 0.2) is 16.0 Å². The average molecular weight is 333 g/mol. The van der Waals surface area contributed by atoms with Crippen LogP contribution in [0.3, 0.4) is 0 Å². The molecule has 0 saturated carbocycles. The van der Waals surface area contributed by atoms with Crippen molar-refractivity contribution in [3.63, 3.8) is 0 Å². The highest BCUT2D eigenvalue weighted by atomic mass is 32.1. The molecule has 0 bridgehead atoms. The molecular formula is C15H19N5O2S. The number of aryl methyl sites for hydroxylation is 1. The third-order valence-electron chi connectivity index (χ3n) is 3.60. The molecule has 3 aromatic rings. The van der Waals surface area contributed by atoms with Crippen molar-refractivity contribution in [1.82, 2.24) is 20.1 Å². The Morgan fingerprint density at radius 2 is 2.17 bits per heavy atom. The van der Waals surface area contributed by atoms with Gasteiger partial charge in [0.15, 0.2) is 5.82 Å². The minimum absolute atomic E-state index is 0.188. The van der Waals surface area contributed by atoms with E-state index >= 15 is 0 Å². The second kappa shape index (κ2) is 6.59. The quantitative estimate of drug-likeness (QED) is 0.686. The Hall–Kier alpha value is -2.06. The van der Waals surface area contributed by atoms with E-state index in [1.54, 1.807) is 18.4 Å². The molecule has 1 unspecified atom stereocenters. The van der Waals surface area contributed by atoms with Crippen LogP contribution in [0, 0.1) is 0 Å². The van der Waals surface area contributed by atoms with Gasteiger partial charge >= 0.3 is 0 Å². The van der Waals surface area contributed by atoms with Crippen LogP contribution in [0.4, 0.5) is 5.82 Å². The van der Waals surface area contributed by atoms with Crippen molar-refractivity contribution >= 4 is 27.4 Å². The van der Waals surface area contributed by atoms with Gasteiger partial charge in [-0.05, 0) is 18.4 Å². The van der Waals surface area contributed by atoms with E-state index in [4.69, 9.17) is 9.26 Å². The van der Waals surface area contributed by atoms with Gasteiger partial charge in [-0.25, -0.2) is 9.97 Å². The van der Waals surface area contributed by atoms with Crippen molar-refractivity contribution in [2.24, 2.45) is 0 Å². The molecule has 3 heterocycles. The lowest BCUT2D eigenvalue weighted by atomic mass is 10.3. The molecule has 3 aromatic heterocycles. The Balaban J connectivity index is 1.87. The van der Waals surface area contributed by atoms with E-state index in [0.717, 1.165) is 28.3 Å². The van der Waals surface area contributed by atoms with Gasteiger partial charge in [-0.15, -0.1) is 11.3 Å². The molecule has 0 spiro atoms. The molecule has 0 amide bonds. The SMILES string of the molecule is CCc1nc(N(C)Cc2nc(C(C)OC)no2)c2ccsc2n1. The first-order valence-electron chi connectivity index (χ1n) is 7.43. The van der Waals surface area contributed by atoms with Crippen LogP contribution in [-0.2, 0) is 17.7 Å². The lowest BCUT2D eigenvalue weighted by molar-refractivity contribution is 0.109. The van der Waals surface area contributed by atoms with Gasteiger partial charge in [-0.3, -0.25) is 0 Å². The zero-order valence-electron chi connectivity index (χ0n) is 13.6. The minimum atomic E-state index is -0.188. The molecule has 122 valence electrons. The summed E-state index contributed by atoms with van der Waals surface area (Å²) in [6.07, 6.45) is 0.609. The second-order valence-corrected chi connectivity index (χ2v) is 6.13. The molecule has 0 aliphatic heterocycles. The van der Waals surface area contributed by atoms with Gasteiger partial charge in [-0.2, -0.15) is 4.98 Å². The number of ether oxygens (including phenoxy) is 1. The number of hydrogen-bond donors (Lipinski definition) is 0. The van der Waals surface area contributed by atoms with Crippen LogP contribution < -0.4 is 4.90 Å². The number of aromatic nitrogens is 4. The first kappa shape index (κ1) is 15.8. The van der Waals surface area contributed by atoms with Gasteiger partial charge in [0.05, 0.1) is 11.9 Å². The number of rotatable bonds is 6. The normalized spacial score (nSPS) is 12.7. The fraction of sp³-hybridized carbons (Fsp3) is 0.467. The summed E-state index contributed by atoms with van der Waals surface area (Å²) in [6.45, 7) is 4.41. The van der Waals surface area contributed by atoms with Gasteiger partial charge in [-0.1, -0.05) is 12.1 Å². The van der Waals surface area contributed by atoms with Crippen molar-refractivity contribution in [3.05, 3.63) is 29.0 Å². The molecule has 8 heteroatoms. The maximum Gasteiger partial charge on any atom is 0.246 e. The standard InChI is InChI=1S/C15H19N5O2S/c1-5-11-16-14(10-6-7-23-15(10)17-11)20(3)8-12-18-13(19-22-12)9(2)21-4/h6-7,9H,5,8H2,1-4H3. The van der Waals surface area contributed by atoms with Crippen LogP contribution in [-0.4, -0.2) is 34.3 Å². The van der Waals surface area contributed by atoms with Crippen LogP contribution in [0.1, 0.15) is 37.5 Å². The summed E-state index contributed by atoms with van der Waals surface area (Å²) in [5, 5.41) is 7.02. The van der Waals surface area contributed by atoms with Crippen molar-refractivity contribution in [3.8, 4) is 0 Å². The third-order valence-corrected chi connectivity index (χ3v) is 4.41. The van der Waals surface area contributed by atoms with Gasteiger partial charge in [0, 0.05) is 20.6 Å². The minimum Gasteiger partial charge on any atom is -0.374 e. The predicted octanol–water partition coefficient (Wildman–Crippen LogP) is 2.98. The summed E-state index contributed by atoms with van der Waals surface area (Å²) in [6, 6.07) is 2.04. The number of fused-ring (bicyclic) bond motifs is 1. The molecule has 0 fully saturated rings. The second-order valence-electron chi connectivity index (χ2n) is 5.24. The maximum absolute atomic E-state index is 5.31. The molecule has 0 aliphatic rings. The molecule has 0 aliphatic carbocycles. The lowest BCUT2D eigenvalue weighted by Gasteiger charge is -2.17. The zero-order chi connectivity index (χ0) is 16.4. The smallest absolute Gasteiger partial charge is 0.246 e. The summed E-state index contributed by atoms with van der Waals surface area (Å²) in [7, 11) is 3.58. The van der Waals surface area contributed by atoms with E-state index in [0.29, 0.717) is 18.3 Å². The number of thiophene rings is 1. The highest BCUT2D eigenvalue weighted by Crippen LogP contribution is 2.28. The lowest BCUT2D eigenvalue weighted by Crippen LogP contribution is -2.19. The Morgan fingerprint density at radius 1 is 1.35 bits per heavy atom. The monoisotopic (exact) mass is 333 g/mol. The van der Waals surface area contributed by atoms with Crippen molar-refractivity contribution in [2.45, 2.75) is 32.9 Å². The first-order chi connectivity index (χ1) is 11.1. The van der Waals surface area contributed by atoms with Crippen LogP contribution in [0.2, 0.25) is 0 Å². The topological polar surface area (TPSA) is 77.2 Å². The van der Waals surface area contributed by atoms with Crippen molar-refractivity contribution in [1.29, 1.82) is 0 Å². The Bertz CT molecular complexity index is 800. The highest BCUT2D eigenvalue weighted by Gasteiger charge is 2.17. The summed E-state index contributed by atoms with van der Waals surface area (Å²) in [5.41, 5.74) is 0. The van der Waals surface area contributed by atoms with E-state index in [2.05, 4.69) is 27.0 Å². The predicted molar refractivity (Wildman–Crippen MR) is 88.6 cm³/mol. The molecule has 0 aromatic carbocycles. The first-order valence-corrected chi connectivity index (χ1v) is 8.30. The van der Waals surface area contributed by atoms with Crippen molar-refractivity contribution < 1.29 is 9.26 Å². The Kier molecular flexibility index (Phi) is 4.53. The summed E-state index contributed by atoms with van der Waals surface area (Å²) in [5.74, 6) is 2.80. The fourth-order valence-corrected chi connectivity index (χ4v) is 2.99. The molecule has 3 rings (SSSR count). The van der Waals surface area contributed by atoms with E-state index in [9.17, 15) is 0 Å². The van der Waals surface area contributed by atoms with Gasteiger partial charge < -0.3 is 14.2 Å². The molecule has 0 saturated heterocycles. The third kappa shape index (κ3) is 3.18. The Morgan fingerprint density at radius 3 is 2.91 bits per heavy atom. The van der Waals surface area contributed by atoms with Crippen LogP contribution >= 0.6 is 11.3 Å². The number of hydrogen-bond acceptors (Lipinski definition) is 8. The van der Waals surface area contributed by atoms with E-state index in [1.165, 1.54) is 0 Å². The average Bonchev–Trinajstić information content (AvgIpc) is 3.21. The van der Waals surface area contributed by atoms with Crippen LogP contribution in [0.25, 0.3) is 10.2 Å². The summed E-state index contributed by atoms with van der Waals surface area (Å²) < 4.78 is 10.5. The van der Waals surface area contributed by atoms with E-state index in [-0.39, 0.29) is 6.10 Å². The van der Waals surface area contributed by atoms with Gasteiger partial charge in [0.25, 0.3) is 0 Å². The van der Waals surface area contributed by atoms with Crippen LogP contribution in [0.5, 0.6) is 0 Å². The summed E-state index contributed by atoms with van der Waals surface area (Å²) in [4.78, 5) is 16.6. The number of nitrogens with zero attached hydrogens (tertiary/aromatic N) is 5. The number of methoxy groups -OCH3 is 1. The molecule has 23 heavy (non-hydrogen) atoms. The molecule has 0 radical (unpaired) electrons. The molecular weight excluding hydrogens is 314 g/mol. The molecule has 7 nitrogen and oxygen atoms in total. The van der Waals surface area contributed by atoms with Crippen molar-refractivity contribution in [2.75, 3.05) is 19.1 Å². The van der Waals surface area contributed by atoms with Gasteiger partial charge in [0.1, 0.15) is 22.6 Å². The highest BCUT2D eigenvalue weighted by molar-refractivity contribution is 7.16. The summed E-state index contributed by atoms with van der Waals surface area (Å²) >= 11 is 1.62. The van der Waals surface area contributed by atoms with E-state index in [1.807, 2.05) is 30.3 Å². The zero-order valence-corrected chi connectivity index (χ0v) is 14.4. The fourth-order valence-electron chi connectivity index (χ4n) is 2.21. The van der Waals surface area contributed by atoms with Gasteiger partial charge in [0.2, 0.25) is 5.89 Å².